The van der Waals surface area contributed by atoms with Crippen molar-refractivity contribution in [2.75, 3.05) is 25.0 Å². The smallest absolute Gasteiger partial charge is 0.243 e. The summed E-state index contributed by atoms with van der Waals surface area (Å²) < 4.78 is 28.1. The van der Waals surface area contributed by atoms with Crippen LogP contribution in [0.15, 0.2) is 47.5 Å². The Labute approximate surface area is 156 Å². The van der Waals surface area contributed by atoms with Crippen molar-refractivity contribution >= 4 is 15.8 Å². The number of rotatable bonds is 5. The van der Waals surface area contributed by atoms with Crippen LogP contribution >= 0.6 is 0 Å². The normalized spacial score (nSPS) is 18.7. The molecule has 0 aliphatic carbocycles. The number of hydrogen-bond donors (Lipinski definition) is 0. The fourth-order valence-corrected chi connectivity index (χ4v) is 5.04. The van der Waals surface area contributed by atoms with Gasteiger partial charge in [0.25, 0.3) is 0 Å². The Bertz CT molecular complexity index is 832. The zero-order valence-electron chi connectivity index (χ0n) is 15.7. The molecule has 1 fully saturated rings. The Kier molecular flexibility index (Phi) is 5.63. The second kappa shape index (κ2) is 7.76. The van der Waals surface area contributed by atoms with Gasteiger partial charge in [-0.25, -0.2) is 13.4 Å². The highest BCUT2D eigenvalue weighted by molar-refractivity contribution is 7.89. The molecule has 1 aliphatic heterocycles. The van der Waals surface area contributed by atoms with Gasteiger partial charge in [-0.3, -0.25) is 0 Å². The number of anilines is 1. The molecule has 0 amide bonds. The van der Waals surface area contributed by atoms with E-state index in [-0.39, 0.29) is 6.04 Å². The lowest BCUT2D eigenvalue weighted by atomic mass is 9.99. The van der Waals surface area contributed by atoms with Gasteiger partial charge in [-0.2, -0.15) is 4.31 Å². The molecule has 2 heterocycles. The number of piperidine rings is 1. The predicted octanol–water partition coefficient (Wildman–Crippen LogP) is 3.76. The number of benzene rings is 1. The first-order valence-corrected chi connectivity index (χ1v) is 10.6. The summed E-state index contributed by atoms with van der Waals surface area (Å²) >= 11 is 0. The van der Waals surface area contributed by atoms with Crippen molar-refractivity contribution in [3.63, 3.8) is 0 Å². The van der Waals surface area contributed by atoms with Crippen molar-refractivity contribution in [1.29, 1.82) is 0 Å². The Morgan fingerprint density at radius 3 is 2.50 bits per heavy atom. The van der Waals surface area contributed by atoms with Crippen LogP contribution in [-0.2, 0) is 10.0 Å². The summed E-state index contributed by atoms with van der Waals surface area (Å²) in [6.45, 7) is 5.47. The number of aryl methyl sites for hydroxylation is 1. The van der Waals surface area contributed by atoms with Gasteiger partial charge in [-0.15, -0.1) is 0 Å². The minimum absolute atomic E-state index is 0.150. The van der Waals surface area contributed by atoms with E-state index in [1.54, 1.807) is 16.4 Å². The highest BCUT2D eigenvalue weighted by Crippen LogP contribution is 2.35. The van der Waals surface area contributed by atoms with Crippen LogP contribution < -0.4 is 4.90 Å². The summed E-state index contributed by atoms with van der Waals surface area (Å²) in [5.41, 5.74) is 2.02. The van der Waals surface area contributed by atoms with E-state index in [1.165, 1.54) is 0 Å². The molecule has 0 spiro atoms. The minimum atomic E-state index is -3.51. The monoisotopic (exact) mass is 373 g/mol. The lowest BCUT2D eigenvalue weighted by molar-refractivity contribution is 0.255. The second-order valence-electron chi connectivity index (χ2n) is 6.90. The van der Waals surface area contributed by atoms with Crippen molar-refractivity contribution in [2.24, 2.45) is 0 Å². The number of pyridine rings is 1. The van der Waals surface area contributed by atoms with E-state index in [4.69, 9.17) is 0 Å². The van der Waals surface area contributed by atoms with Crippen LogP contribution in [0.3, 0.4) is 0 Å². The van der Waals surface area contributed by atoms with Crippen LogP contribution in [-0.4, -0.2) is 37.8 Å². The maximum Gasteiger partial charge on any atom is 0.243 e. The van der Waals surface area contributed by atoms with Crippen LogP contribution in [0.2, 0.25) is 0 Å². The average molecular weight is 374 g/mol. The molecule has 140 valence electrons. The molecule has 5 nitrogen and oxygen atoms in total. The summed E-state index contributed by atoms with van der Waals surface area (Å²) in [6.07, 6.45) is 4.58. The number of sulfonamides is 1. The van der Waals surface area contributed by atoms with E-state index in [9.17, 15) is 8.42 Å². The zero-order chi connectivity index (χ0) is 18.7. The van der Waals surface area contributed by atoms with Crippen molar-refractivity contribution in [2.45, 2.75) is 44.0 Å². The van der Waals surface area contributed by atoms with Crippen molar-refractivity contribution in [3.8, 4) is 0 Å². The van der Waals surface area contributed by atoms with Crippen molar-refractivity contribution < 1.29 is 8.42 Å². The van der Waals surface area contributed by atoms with Gasteiger partial charge >= 0.3 is 0 Å². The van der Waals surface area contributed by atoms with E-state index in [0.717, 1.165) is 42.8 Å². The van der Waals surface area contributed by atoms with Crippen LogP contribution in [0.5, 0.6) is 0 Å². The fourth-order valence-electron chi connectivity index (χ4n) is 3.35. The van der Waals surface area contributed by atoms with Crippen molar-refractivity contribution in [1.82, 2.24) is 9.29 Å². The van der Waals surface area contributed by atoms with E-state index < -0.39 is 10.0 Å². The van der Waals surface area contributed by atoms with E-state index >= 15 is 0 Å². The zero-order valence-corrected chi connectivity index (χ0v) is 16.5. The van der Waals surface area contributed by atoms with Gasteiger partial charge in [0.15, 0.2) is 0 Å². The molecule has 0 saturated carbocycles. The SMILES string of the molecule is CCN(C)c1ccc(C2CCCCN2S(=O)(=O)c2ccc(C)cc2)cn1. The Morgan fingerprint density at radius 1 is 1.15 bits per heavy atom. The van der Waals surface area contributed by atoms with Crippen LogP contribution in [0, 0.1) is 6.92 Å². The van der Waals surface area contributed by atoms with Gasteiger partial charge < -0.3 is 4.90 Å². The first-order chi connectivity index (χ1) is 12.4. The maximum absolute atomic E-state index is 13.2. The van der Waals surface area contributed by atoms with Crippen LogP contribution in [0.25, 0.3) is 0 Å². The molecule has 0 radical (unpaired) electrons. The third kappa shape index (κ3) is 3.76. The molecule has 6 heteroatoms. The standard InChI is InChI=1S/C20H27N3O2S/c1-4-22(3)20-13-10-17(15-21-20)19-7-5-6-14-23(19)26(24,25)18-11-8-16(2)9-12-18/h8-13,15,19H,4-7,14H2,1-3H3. The Morgan fingerprint density at radius 2 is 1.88 bits per heavy atom. The molecule has 0 N–H and O–H groups in total. The first kappa shape index (κ1) is 18.9. The summed E-state index contributed by atoms with van der Waals surface area (Å²) in [5, 5.41) is 0. The summed E-state index contributed by atoms with van der Waals surface area (Å²) in [7, 11) is -1.52. The van der Waals surface area contributed by atoms with E-state index in [0.29, 0.717) is 11.4 Å². The van der Waals surface area contributed by atoms with E-state index in [1.807, 2.05) is 44.4 Å². The number of nitrogens with zero attached hydrogens (tertiary/aromatic N) is 3. The molecule has 0 bridgehead atoms. The topological polar surface area (TPSA) is 53.5 Å². The van der Waals surface area contributed by atoms with Gasteiger partial charge in [-0.05, 0) is 50.5 Å². The molecule has 1 aliphatic rings. The maximum atomic E-state index is 13.2. The second-order valence-corrected chi connectivity index (χ2v) is 8.79. The highest BCUT2D eigenvalue weighted by Gasteiger charge is 2.34. The quantitative estimate of drug-likeness (QED) is 0.801. The molecule has 3 rings (SSSR count). The van der Waals surface area contributed by atoms with Crippen LogP contribution in [0.1, 0.15) is 43.4 Å². The molecular formula is C20H27N3O2S. The summed E-state index contributed by atoms with van der Waals surface area (Å²) in [4.78, 5) is 6.96. The number of hydrogen-bond acceptors (Lipinski definition) is 4. The fraction of sp³-hybridized carbons (Fsp3) is 0.450. The first-order valence-electron chi connectivity index (χ1n) is 9.19. The van der Waals surface area contributed by atoms with Gasteiger partial charge in [0.2, 0.25) is 10.0 Å². The minimum Gasteiger partial charge on any atom is -0.360 e. The Balaban J connectivity index is 1.91. The molecule has 1 aromatic carbocycles. The van der Waals surface area contributed by atoms with Gasteiger partial charge in [0, 0.05) is 26.3 Å². The Hall–Kier alpha value is -1.92. The van der Waals surface area contributed by atoms with Crippen LogP contribution in [0.4, 0.5) is 5.82 Å². The molecule has 1 unspecified atom stereocenters. The van der Waals surface area contributed by atoms with Gasteiger partial charge in [0.05, 0.1) is 10.9 Å². The molecule has 1 saturated heterocycles. The summed E-state index contributed by atoms with van der Waals surface area (Å²) in [6, 6.07) is 10.9. The van der Waals surface area contributed by atoms with Gasteiger partial charge in [-0.1, -0.05) is 30.2 Å². The predicted molar refractivity (Wildman–Crippen MR) is 105 cm³/mol. The molecule has 26 heavy (non-hydrogen) atoms. The van der Waals surface area contributed by atoms with E-state index in [2.05, 4.69) is 16.8 Å². The lowest BCUT2D eigenvalue weighted by Crippen LogP contribution is -2.38. The van der Waals surface area contributed by atoms with Crippen molar-refractivity contribution in [3.05, 3.63) is 53.7 Å². The third-order valence-corrected chi connectivity index (χ3v) is 7.02. The molecule has 1 aromatic heterocycles. The third-order valence-electron chi connectivity index (χ3n) is 5.10. The summed E-state index contributed by atoms with van der Waals surface area (Å²) in [5.74, 6) is 0.903. The lowest BCUT2D eigenvalue weighted by Gasteiger charge is -2.35. The average Bonchev–Trinajstić information content (AvgIpc) is 2.68. The highest BCUT2D eigenvalue weighted by atomic mass is 32.2. The molecular weight excluding hydrogens is 346 g/mol. The largest absolute Gasteiger partial charge is 0.360 e. The number of aromatic nitrogens is 1. The molecule has 2 aromatic rings. The molecule has 1 atom stereocenters. The van der Waals surface area contributed by atoms with Gasteiger partial charge in [0.1, 0.15) is 5.82 Å².